The van der Waals surface area contributed by atoms with Gasteiger partial charge in [0, 0.05) is 31.0 Å². The molecule has 0 bridgehead atoms. The molecule has 2 aliphatic rings. The molecular formula is C19H22N2O. The minimum Gasteiger partial charge on any atom is -0.492 e. The van der Waals surface area contributed by atoms with Crippen molar-refractivity contribution in [3.8, 4) is 16.9 Å². The highest BCUT2D eigenvalue weighted by Gasteiger charge is 2.38. The molecule has 2 fully saturated rings. The van der Waals surface area contributed by atoms with Gasteiger partial charge in [-0.1, -0.05) is 12.1 Å². The van der Waals surface area contributed by atoms with Crippen molar-refractivity contribution in [1.82, 2.24) is 9.88 Å². The SMILES string of the molecule is Cc1ccncc1-c1ccc(OCC2CN2CC2CC2)cc1. The first-order chi connectivity index (χ1) is 10.8. The molecule has 3 nitrogen and oxygen atoms in total. The Morgan fingerprint density at radius 3 is 2.73 bits per heavy atom. The summed E-state index contributed by atoms with van der Waals surface area (Å²) in [6, 6.07) is 11.1. The maximum atomic E-state index is 5.93. The summed E-state index contributed by atoms with van der Waals surface area (Å²) >= 11 is 0. The smallest absolute Gasteiger partial charge is 0.119 e. The summed E-state index contributed by atoms with van der Waals surface area (Å²) in [6.07, 6.45) is 6.61. The first kappa shape index (κ1) is 13.8. The number of rotatable bonds is 6. The highest BCUT2D eigenvalue weighted by Crippen LogP contribution is 2.33. The molecule has 1 aromatic carbocycles. The van der Waals surface area contributed by atoms with Gasteiger partial charge in [-0.2, -0.15) is 0 Å². The zero-order valence-electron chi connectivity index (χ0n) is 13.0. The number of pyridine rings is 1. The lowest BCUT2D eigenvalue weighted by Crippen LogP contribution is -2.12. The van der Waals surface area contributed by atoms with Gasteiger partial charge in [0.05, 0.1) is 6.04 Å². The van der Waals surface area contributed by atoms with E-state index in [0.717, 1.165) is 18.3 Å². The Balaban J connectivity index is 1.33. The second-order valence-electron chi connectivity index (χ2n) is 6.58. The first-order valence-electron chi connectivity index (χ1n) is 8.17. The van der Waals surface area contributed by atoms with Crippen molar-refractivity contribution < 1.29 is 4.74 Å². The Labute approximate surface area is 131 Å². The second-order valence-corrected chi connectivity index (χ2v) is 6.58. The Bertz CT molecular complexity index is 649. The van der Waals surface area contributed by atoms with Gasteiger partial charge in [0.15, 0.2) is 0 Å². The summed E-state index contributed by atoms with van der Waals surface area (Å²) in [7, 11) is 0. The van der Waals surface area contributed by atoms with Crippen molar-refractivity contribution in [2.45, 2.75) is 25.8 Å². The fourth-order valence-corrected chi connectivity index (χ4v) is 2.93. The van der Waals surface area contributed by atoms with Gasteiger partial charge in [0.25, 0.3) is 0 Å². The Kier molecular flexibility index (Phi) is 3.59. The van der Waals surface area contributed by atoms with E-state index < -0.39 is 0 Å². The second kappa shape index (κ2) is 5.73. The molecular weight excluding hydrogens is 272 g/mol. The molecule has 3 heteroatoms. The van der Waals surface area contributed by atoms with Crippen LogP contribution in [0.3, 0.4) is 0 Å². The predicted molar refractivity (Wildman–Crippen MR) is 88.0 cm³/mol. The molecule has 1 saturated carbocycles. The third-order valence-electron chi connectivity index (χ3n) is 4.66. The summed E-state index contributed by atoms with van der Waals surface area (Å²) in [5, 5.41) is 0. The third-order valence-corrected chi connectivity index (χ3v) is 4.66. The molecule has 1 aromatic heterocycles. The number of hydrogen-bond acceptors (Lipinski definition) is 3. The highest BCUT2D eigenvalue weighted by molar-refractivity contribution is 5.66. The van der Waals surface area contributed by atoms with E-state index in [2.05, 4.69) is 41.1 Å². The van der Waals surface area contributed by atoms with Crippen molar-refractivity contribution in [3.63, 3.8) is 0 Å². The largest absolute Gasteiger partial charge is 0.492 e. The minimum absolute atomic E-state index is 0.640. The summed E-state index contributed by atoms with van der Waals surface area (Å²) in [4.78, 5) is 6.75. The molecule has 2 unspecified atom stereocenters. The first-order valence-corrected chi connectivity index (χ1v) is 8.17. The van der Waals surface area contributed by atoms with Crippen LogP contribution in [0.5, 0.6) is 5.75 Å². The average molecular weight is 294 g/mol. The van der Waals surface area contributed by atoms with E-state index in [1.54, 1.807) is 0 Å². The van der Waals surface area contributed by atoms with Crippen LogP contribution in [-0.4, -0.2) is 35.6 Å². The Morgan fingerprint density at radius 1 is 1.18 bits per heavy atom. The molecule has 0 spiro atoms. The predicted octanol–water partition coefficient (Wildman–Crippen LogP) is 3.53. The molecule has 0 N–H and O–H groups in total. The van der Waals surface area contributed by atoms with E-state index in [9.17, 15) is 0 Å². The maximum absolute atomic E-state index is 5.93. The van der Waals surface area contributed by atoms with Gasteiger partial charge in [0.2, 0.25) is 0 Å². The molecule has 0 radical (unpaired) electrons. The number of hydrogen-bond donors (Lipinski definition) is 0. The van der Waals surface area contributed by atoms with Crippen molar-refractivity contribution in [3.05, 3.63) is 48.3 Å². The van der Waals surface area contributed by atoms with E-state index >= 15 is 0 Å². The molecule has 2 atom stereocenters. The van der Waals surface area contributed by atoms with Gasteiger partial charge >= 0.3 is 0 Å². The van der Waals surface area contributed by atoms with Gasteiger partial charge in [-0.05, 0) is 55.0 Å². The quantitative estimate of drug-likeness (QED) is 0.762. The molecule has 1 aliphatic carbocycles. The number of aryl methyl sites for hydroxylation is 1. The fourth-order valence-electron chi connectivity index (χ4n) is 2.93. The zero-order valence-corrected chi connectivity index (χ0v) is 13.0. The minimum atomic E-state index is 0.640. The summed E-state index contributed by atoms with van der Waals surface area (Å²) in [5.74, 6) is 1.94. The molecule has 2 aromatic rings. The van der Waals surface area contributed by atoms with Crippen molar-refractivity contribution in [2.24, 2.45) is 5.92 Å². The summed E-state index contributed by atoms with van der Waals surface area (Å²) in [6.45, 7) is 5.43. The van der Waals surface area contributed by atoms with Gasteiger partial charge in [-0.3, -0.25) is 9.88 Å². The van der Waals surface area contributed by atoms with Gasteiger partial charge in [-0.25, -0.2) is 0 Å². The summed E-state index contributed by atoms with van der Waals surface area (Å²) in [5.41, 5.74) is 3.63. The van der Waals surface area contributed by atoms with Crippen LogP contribution in [0.2, 0.25) is 0 Å². The number of aromatic nitrogens is 1. The van der Waals surface area contributed by atoms with E-state index in [0.29, 0.717) is 6.04 Å². The molecule has 0 amide bonds. The Hall–Kier alpha value is -1.87. The summed E-state index contributed by atoms with van der Waals surface area (Å²) < 4.78 is 5.93. The topological polar surface area (TPSA) is 25.1 Å². The van der Waals surface area contributed by atoms with Crippen LogP contribution in [0, 0.1) is 12.8 Å². The van der Waals surface area contributed by atoms with Crippen LogP contribution in [0.1, 0.15) is 18.4 Å². The van der Waals surface area contributed by atoms with Crippen LogP contribution in [0.25, 0.3) is 11.1 Å². The highest BCUT2D eigenvalue weighted by atomic mass is 16.5. The lowest BCUT2D eigenvalue weighted by Gasteiger charge is -2.09. The average Bonchev–Trinajstić information content (AvgIpc) is 3.46. The monoisotopic (exact) mass is 294 g/mol. The molecule has 2 heterocycles. The van der Waals surface area contributed by atoms with Crippen molar-refractivity contribution in [1.29, 1.82) is 0 Å². The molecule has 114 valence electrons. The lowest BCUT2D eigenvalue weighted by molar-refractivity contribution is 0.292. The van der Waals surface area contributed by atoms with Gasteiger partial charge in [-0.15, -0.1) is 0 Å². The maximum Gasteiger partial charge on any atom is 0.119 e. The number of ether oxygens (including phenoxy) is 1. The van der Waals surface area contributed by atoms with E-state index in [1.165, 1.54) is 42.6 Å². The normalized spacial score (nSPS) is 23.3. The molecule has 1 saturated heterocycles. The lowest BCUT2D eigenvalue weighted by atomic mass is 10.0. The van der Waals surface area contributed by atoms with E-state index in [-0.39, 0.29) is 0 Å². The van der Waals surface area contributed by atoms with Crippen LogP contribution < -0.4 is 4.74 Å². The molecule has 22 heavy (non-hydrogen) atoms. The van der Waals surface area contributed by atoms with E-state index in [4.69, 9.17) is 4.74 Å². The standard InChI is InChI=1S/C19H22N2O/c1-14-8-9-20-10-19(14)16-4-6-18(7-5-16)22-13-17-12-21(17)11-15-2-3-15/h4-10,15,17H,2-3,11-13H2,1H3. The third kappa shape index (κ3) is 3.14. The van der Waals surface area contributed by atoms with Crippen LogP contribution in [0.4, 0.5) is 0 Å². The fraction of sp³-hybridized carbons (Fsp3) is 0.421. The van der Waals surface area contributed by atoms with Crippen LogP contribution in [0.15, 0.2) is 42.7 Å². The van der Waals surface area contributed by atoms with E-state index in [1.807, 2.05) is 18.5 Å². The van der Waals surface area contributed by atoms with Crippen LogP contribution >= 0.6 is 0 Å². The molecule has 1 aliphatic heterocycles. The van der Waals surface area contributed by atoms with Crippen LogP contribution in [-0.2, 0) is 0 Å². The molecule has 4 rings (SSSR count). The van der Waals surface area contributed by atoms with Gasteiger partial charge < -0.3 is 4.74 Å². The Morgan fingerprint density at radius 2 is 2.00 bits per heavy atom. The zero-order chi connectivity index (χ0) is 14.9. The van der Waals surface area contributed by atoms with Gasteiger partial charge in [0.1, 0.15) is 12.4 Å². The van der Waals surface area contributed by atoms with Crippen molar-refractivity contribution >= 4 is 0 Å². The number of nitrogens with zero attached hydrogens (tertiary/aromatic N) is 2. The number of benzene rings is 1. The van der Waals surface area contributed by atoms with Crippen molar-refractivity contribution in [2.75, 3.05) is 19.7 Å².